The maximum atomic E-state index is 12.3. The number of nitro groups is 1. The second kappa shape index (κ2) is 10.6. The molecule has 11 nitrogen and oxygen atoms in total. The van der Waals surface area contributed by atoms with E-state index in [1.165, 1.54) is 12.1 Å². The molecule has 0 aliphatic carbocycles. The third-order valence-electron chi connectivity index (χ3n) is 5.31. The van der Waals surface area contributed by atoms with Gasteiger partial charge in [-0.05, 0) is 36.8 Å². The van der Waals surface area contributed by atoms with Gasteiger partial charge < -0.3 is 20.3 Å². The summed E-state index contributed by atoms with van der Waals surface area (Å²) in [6, 6.07) is 11.1. The summed E-state index contributed by atoms with van der Waals surface area (Å²) in [5.41, 5.74) is 1.74. The van der Waals surface area contributed by atoms with Crippen LogP contribution in [0.3, 0.4) is 0 Å². The van der Waals surface area contributed by atoms with Crippen LogP contribution in [-0.2, 0) is 19.6 Å². The Morgan fingerprint density at radius 3 is 2.48 bits per heavy atom. The van der Waals surface area contributed by atoms with Gasteiger partial charge in [0.05, 0.1) is 29.1 Å². The SMILES string of the molecule is CC(NC(=O)CCNc1ccc(S(N)(=O)=O)cc1[N+](=O)[O-])c1ccc(N2CCOCC2)cc1. The normalized spacial score (nSPS) is 15.0. The summed E-state index contributed by atoms with van der Waals surface area (Å²) in [6.07, 6.45) is 0.0737. The number of benzene rings is 2. The maximum Gasteiger partial charge on any atom is 0.293 e. The summed E-state index contributed by atoms with van der Waals surface area (Å²) < 4.78 is 28.2. The van der Waals surface area contributed by atoms with Crippen molar-refractivity contribution in [3.05, 3.63) is 58.1 Å². The van der Waals surface area contributed by atoms with Gasteiger partial charge in [-0.3, -0.25) is 14.9 Å². The fourth-order valence-electron chi connectivity index (χ4n) is 3.49. The summed E-state index contributed by atoms with van der Waals surface area (Å²) in [6.45, 7) is 5.13. The number of anilines is 2. The molecule has 0 spiro atoms. The number of nitrogens with two attached hydrogens (primary N) is 1. The standard InChI is InChI=1S/C21H27N5O6S/c1-15(16-2-4-17(5-3-16)25-10-12-32-13-11-25)24-21(27)8-9-23-19-7-6-18(33(22,30)31)14-20(19)26(28)29/h2-7,14-15,23H,8-13H2,1H3,(H,24,27)(H2,22,30,31). The van der Waals surface area contributed by atoms with Crippen LogP contribution in [0.25, 0.3) is 0 Å². The van der Waals surface area contributed by atoms with E-state index >= 15 is 0 Å². The van der Waals surface area contributed by atoms with Gasteiger partial charge in [0.2, 0.25) is 15.9 Å². The molecule has 0 radical (unpaired) electrons. The van der Waals surface area contributed by atoms with Crippen molar-refractivity contribution in [1.29, 1.82) is 0 Å². The number of nitro benzene ring substituents is 1. The molecular weight excluding hydrogens is 450 g/mol. The zero-order valence-electron chi connectivity index (χ0n) is 18.2. The number of nitrogens with zero attached hydrogens (tertiary/aromatic N) is 2. The lowest BCUT2D eigenvalue weighted by Crippen LogP contribution is -2.36. The Bertz CT molecular complexity index is 1100. The van der Waals surface area contributed by atoms with Gasteiger partial charge in [0.1, 0.15) is 5.69 Å². The van der Waals surface area contributed by atoms with Gasteiger partial charge in [0, 0.05) is 37.8 Å². The summed E-state index contributed by atoms with van der Waals surface area (Å²) in [5.74, 6) is -0.226. The lowest BCUT2D eigenvalue weighted by atomic mass is 10.1. The number of amides is 1. The van der Waals surface area contributed by atoms with E-state index in [4.69, 9.17) is 9.88 Å². The molecule has 3 rings (SSSR count). The number of hydrogen-bond donors (Lipinski definition) is 3. The van der Waals surface area contributed by atoms with Crippen LogP contribution >= 0.6 is 0 Å². The van der Waals surface area contributed by atoms with Crippen LogP contribution in [-0.4, -0.2) is 52.1 Å². The predicted octanol–water partition coefficient (Wildman–Crippen LogP) is 1.76. The van der Waals surface area contributed by atoms with Crippen molar-refractivity contribution < 1.29 is 22.9 Å². The van der Waals surface area contributed by atoms with E-state index in [-0.39, 0.29) is 35.5 Å². The van der Waals surface area contributed by atoms with Crippen LogP contribution in [0, 0.1) is 10.1 Å². The largest absolute Gasteiger partial charge is 0.379 e. The van der Waals surface area contributed by atoms with Crippen molar-refractivity contribution in [3.8, 4) is 0 Å². The Labute approximate surface area is 192 Å². The minimum Gasteiger partial charge on any atom is -0.379 e. The Balaban J connectivity index is 1.52. The van der Waals surface area contributed by atoms with E-state index in [0.29, 0.717) is 13.2 Å². The lowest BCUT2D eigenvalue weighted by Gasteiger charge is -2.29. The van der Waals surface area contributed by atoms with Crippen molar-refractivity contribution in [2.45, 2.75) is 24.3 Å². The van der Waals surface area contributed by atoms with Crippen molar-refractivity contribution in [1.82, 2.24) is 5.32 Å². The van der Waals surface area contributed by atoms with Crippen molar-refractivity contribution in [2.75, 3.05) is 43.1 Å². The Hall–Kier alpha value is -3.22. The molecule has 1 saturated heterocycles. The molecule has 4 N–H and O–H groups in total. The molecule has 1 aliphatic heterocycles. The average molecular weight is 478 g/mol. The first kappa shape index (κ1) is 24.4. The number of carbonyl (C=O) groups is 1. The van der Waals surface area contributed by atoms with Gasteiger partial charge in [-0.15, -0.1) is 0 Å². The number of ether oxygens (including phenoxy) is 1. The van der Waals surface area contributed by atoms with E-state index in [1.807, 2.05) is 31.2 Å². The molecule has 178 valence electrons. The molecule has 2 aromatic carbocycles. The van der Waals surface area contributed by atoms with E-state index < -0.39 is 20.6 Å². The molecule has 1 heterocycles. The first-order valence-electron chi connectivity index (χ1n) is 10.4. The quantitative estimate of drug-likeness (QED) is 0.364. The molecule has 0 aromatic heterocycles. The van der Waals surface area contributed by atoms with E-state index in [2.05, 4.69) is 15.5 Å². The molecule has 0 bridgehead atoms. The van der Waals surface area contributed by atoms with Crippen LogP contribution in [0.2, 0.25) is 0 Å². The van der Waals surface area contributed by atoms with Gasteiger partial charge in [-0.1, -0.05) is 12.1 Å². The molecule has 1 fully saturated rings. The van der Waals surface area contributed by atoms with Gasteiger partial charge >= 0.3 is 0 Å². The van der Waals surface area contributed by atoms with Gasteiger partial charge in [-0.25, -0.2) is 13.6 Å². The molecule has 2 aromatic rings. The smallest absolute Gasteiger partial charge is 0.293 e. The zero-order chi connectivity index (χ0) is 24.0. The highest BCUT2D eigenvalue weighted by molar-refractivity contribution is 7.89. The maximum absolute atomic E-state index is 12.3. The Kier molecular flexibility index (Phi) is 7.84. The molecule has 1 aliphatic rings. The number of morpholine rings is 1. The number of primary sulfonamides is 1. The fourth-order valence-corrected chi connectivity index (χ4v) is 4.03. The van der Waals surface area contributed by atoms with Gasteiger partial charge in [0.15, 0.2) is 0 Å². The van der Waals surface area contributed by atoms with Gasteiger partial charge in [-0.2, -0.15) is 0 Å². The third kappa shape index (κ3) is 6.63. The molecule has 12 heteroatoms. The fraction of sp³-hybridized carbons (Fsp3) is 0.381. The van der Waals surface area contributed by atoms with Crippen molar-refractivity contribution >= 4 is 33.0 Å². The second-order valence-electron chi connectivity index (χ2n) is 7.64. The minimum atomic E-state index is -4.06. The van der Waals surface area contributed by atoms with Crippen LogP contribution in [0.15, 0.2) is 47.4 Å². The predicted molar refractivity (Wildman–Crippen MR) is 124 cm³/mol. The number of hydrogen-bond acceptors (Lipinski definition) is 8. The molecular formula is C21H27N5O6S. The average Bonchev–Trinajstić information content (AvgIpc) is 2.79. The highest BCUT2D eigenvalue weighted by atomic mass is 32.2. The zero-order valence-corrected chi connectivity index (χ0v) is 19.0. The van der Waals surface area contributed by atoms with Crippen LogP contribution < -0.4 is 20.7 Å². The molecule has 33 heavy (non-hydrogen) atoms. The van der Waals surface area contributed by atoms with E-state index in [1.54, 1.807) is 0 Å². The highest BCUT2D eigenvalue weighted by Gasteiger charge is 2.19. The first-order valence-corrected chi connectivity index (χ1v) is 12.0. The Morgan fingerprint density at radius 2 is 1.88 bits per heavy atom. The summed E-state index contributed by atoms with van der Waals surface area (Å²) >= 11 is 0. The minimum absolute atomic E-state index is 0.0737. The van der Waals surface area contributed by atoms with E-state index in [0.717, 1.165) is 30.4 Å². The van der Waals surface area contributed by atoms with Crippen molar-refractivity contribution in [3.63, 3.8) is 0 Å². The Morgan fingerprint density at radius 1 is 1.21 bits per heavy atom. The number of rotatable bonds is 9. The van der Waals surface area contributed by atoms with Gasteiger partial charge in [0.25, 0.3) is 5.69 Å². The number of carbonyl (C=O) groups excluding carboxylic acids is 1. The second-order valence-corrected chi connectivity index (χ2v) is 9.20. The van der Waals surface area contributed by atoms with Crippen LogP contribution in [0.1, 0.15) is 24.9 Å². The third-order valence-corrected chi connectivity index (χ3v) is 6.22. The molecule has 1 atom stereocenters. The first-order chi connectivity index (χ1) is 15.6. The molecule has 1 unspecified atom stereocenters. The number of nitrogens with one attached hydrogen (secondary N) is 2. The van der Waals surface area contributed by atoms with Crippen molar-refractivity contribution in [2.24, 2.45) is 5.14 Å². The van der Waals surface area contributed by atoms with Crippen LogP contribution in [0.4, 0.5) is 17.1 Å². The summed E-state index contributed by atoms with van der Waals surface area (Å²) in [5, 5.41) is 22.0. The number of sulfonamides is 1. The highest BCUT2D eigenvalue weighted by Crippen LogP contribution is 2.27. The topological polar surface area (TPSA) is 157 Å². The monoisotopic (exact) mass is 477 g/mol. The molecule has 1 amide bonds. The molecule has 0 saturated carbocycles. The lowest BCUT2D eigenvalue weighted by molar-refractivity contribution is -0.384. The summed E-state index contributed by atoms with van der Waals surface area (Å²) in [7, 11) is -4.06. The van der Waals surface area contributed by atoms with Crippen LogP contribution in [0.5, 0.6) is 0 Å². The summed E-state index contributed by atoms with van der Waals surface area (Å²) in [4.78, 5) is 24.8. The van der Waals surface area contributed by atoms with E-state index in [9.17, 15) is 23.3 Å².